The first-order chi connectivity index (χ1) is 11.5. The zero-order chi connectivity index (χ0) is 17.1. The molecule has 1 heterocycles. The second-order valence-electron chi connectivity index (χ2n) is 5.52. The molecule has 24 heavy (non-hydrogen) atoms. The first-order valence-corrected chi connectivity index (χ1v) is 8.70. The number of para-hydroxylation sites is 1. The summed E-state index contributed by atoms with van der Waals surface area (Å²) in [4.78, 5) is 18.4. The molecule has 0 radical (unpaired) electrons. The minimum Gasteiger partial charge on any atom is -0.484 e. The summed E-state index contributed by atoms with van der Waals surface area (Å²) in [6.07, 6.45) is 0. The van der Waals surface area contributed by atoms with Crippen LogP contribution in [0.5, 0.6) is 5.75 Å². The quantitative estimate of drug-likeness (QED) is 0.681. The highest BCUT2D eigenvalue weighted by molar-refractivity contribution is 7.18. The Bertz CT molecular complexity index is 845. The second-order valence-corrected chi connectivity index (χ2v) is 7.05. The lowest BCUT2D eigenvalue weighted by molar-refractivity contribution is -0.132. The number of halogens is 1. The van der Waals surface area contributed by atoms with Gasteiger partial charge in [-0.05, 0) is 42.8 Å². The molecule has 0 aliphatic heterocycles. The smallest absolute Gasteiger partial charge is 0.260 e. The van der Waals surface area contributed by atoms with E-state index in [1.807, 2.05) is 37.3 Å². The lowest BCUT2D eigenvalue weighted by Gasteiger charge is -2.16. The van der Waals surface area contributed by atoms with E-state index in [0.29, 0.717) is 17.3 Å². The van der Waals surface area contributed by atoms with Crippen molar-refractivity contribution in [1.82, 2.24) is 9.88 Å². The summed E-state index contributed by atoms with van der Waals surface area (Å²) in [5, 5.41) is 1.59. The number of aromatic nitrogens is 1. The van der Waals surface area contributed by atoms with Gasteiger partial charge in [-0.25, -0.2) is 4.98 Å². The van der Waals surface area contributed by atoms with Gasteiger partial charge in [-0.2, -0.15) is 0 Å². The minimum atomic E-state index is -0.0955. The molecule has 124 valence electrons. The van der Waals surface area contributed by atoms with Crippen molar-refractivity contribution in [1.29, 1.82) is 0 Å². The zero-order valence-corrected chi connectivity index (χ0v) is 15.0. The van der Waals surface area contributed by atoms with Crippen molar-refractivity contribution in [2.24, 2.45) is 0 Å². The first kappa shape index (κ1) is 16.7. The number of thiazole rings is 1. The summed E-state index contributed by atoms with van der Waals surface area (Å²) in [7, 11) is 1.75. The third kappa shape index (κ3) is 3.86. The van der Waals surface area contributed by atoms with Gasteiger partial charge in [-0.15, -0.1) is 11.3 Å². The Hall–Kier alpha value is -2.11. The molecular formula is C18H17ClN2O2S. The van der Waals surface area contributed by atoms with Crippen LogP contribution in [0.2, 0.25) is 5.02 Å². The fraction of sp³-hybridized carbons (Fsp3) is 0.222. The lowest BCUT2D eigenvalue weighted by atomic mass is 10.2. The van der Waals surface area contributed by atoms with Crippen molar-refractivity contribution in [2.45, 2.75) is 13.5 Å². The number of ether oxygens (including phenoxy) is 1. The summed E-state index contributed by atoms with van der Waals surface area (Å²) in [5.41, 5.74) is 1.88. The number of hydrogen-bond acceptors (Lipinski definition) is 4. The Morgan fingerprint density at radius 2 is 2.08 bits per heavy atom. The van der Waals surface area contributed by atoms with Gasteiger partial charge in [0.2, 0.25) is 0 Å². The third-order valence-electron chi connectivity index (χ3n) is 3.63. The highest BCUT2D eigenvalue weighted by Gasteiger charge is 2.13. The van der Waals surface area contributed by atoms with Crippen LogP contribution >= 0.6 is 22.9 Å². The number of amides is 1. The molecule has 6 heteroatoms. The number of rotatable bonds is 5. The normalized spacial score (nSPS) is 10.8. The maximum atomic E-state index is 12.2. The predicted octanol–water partition coefficient (Wildman–Crippen LogP) is 4.30. The molecule has 0 N–H and O–H groups in total. The summed E-state index contributed by atoms with van der Waals surface area (Å²) < 4.78 is 6.68. The van der Waals surface area contributed by atoms with Gasteiger partial charge in [-0.1, -0.05) is 23.7 Å². The Morgan fingerprint density at radius 3 is 2.83 bits per heavy atom. The molecule has 0 atom stereocenters. The fourth-order valence-electron chi connectivity index (χ4n) is 2.24. The Labute approximate surface area is 149 Å². The van der Waals surface area contributed by atoms with Crippen molar-refractivity contribution < 1.29 is 9.53 Å². The van der Waals surface area contributed by atoms with Crippen LogP contribution in [-0.4, -0.2) is 29.4 Å². The molecule has 0 unspecified atom stereocenters. The van der Waals surface area contributed by atoms with E-state index >= 15 is 0 Å². The first-order valence-electron chi connectivity index (χ1n) is 7.50. The average Bonchev–Trinajstić information content (AvgIpc) is 2.97. The lowest BCUT2D eigenvalue weighted by Crippen LogP contribution is -2.30. The topological polar surface area (TPSA) is 42.4 Å². The maximum absolute atomic E-state index is 12.2. The minimum absolute atomic E-state index is 0.0114. The van der Waals surface area contributed by atoms with Gasteiger partial charge in [0.1, 0.15) is 10.8 Å². The highest BCUT2D eigenvalue weighted by Crippen LogP contribution is 2.23. The van der Waals surface area contributed by atoms with E-state index in [4.69, 9.17) is 16.3 Å². The van der Waals surface area contributed by atoms with Gasteiger partial charge in [0.15, 0.2) is 6.61 Å². The number of benzene rings is 2. The van der Waals surface area contributed by atoms with Gasteiger partial charge in [0.05, 0.1) is 16.8 Å². The van der Waals surface area contributed by atoms with Crippen LogP contribution in [0.1, 0.15) is 10.6 Å². The van der Waals surface area contributed by atoms with Crippen LogP contribution < -0.4 is 4.74 Å². The van der Waals surface area contributed by atoms with Crippen LogP contribution in [0.15, 0.2) is 42.5 Å². The number of hydrogen-bond donors (Lipinski definition) is 0. The molecule has 1 aromatic heterocycles. The molecule has 2 aromatic carbocycles. The number of nitrogens with zero attached hydrogens (tertiary/aromatic N) is 2. The highest BCUT2D eigenvalue weighted by atomic mass is 35.5. The Kier molecular flexibility index (Phi) is 5.02. The standard InChI is InChI=1S/C18H17ClN2O2S/c1-12-9-13(7-8-14(12)19)23-11-18(22)21(2)10-17-20-15-5-3-4-6-16(15)24-17/h3-9H,10-11H2,1-2H3. The molecule has 0 aliphatic rings. The van der Waals surface area contributed by atoms with Gasteiger partial charge in [-0.3, -0.25) is 4.79 Å². The van der Waals surface area contributed by atoms with Crippen molar-refractivity contribution >= 4 is 39.1 Å². The molecule has 3 rings (SSSR count). The van der Waals surface area contributed by atoms with Crippen LogP contribution in [0.3, 0.4) is 0 Å². The molecule has 1 amide bonds. The van der Waals surface area contributed by atoms with Crippen LogP contribution in [0.25, 0.3) is 10.2 Å². The second kappa shape index (κ2) is 7.20. The number of carbonyl (C=O) groups excluding carboxylic acids is 1. The average molecular weight is 361 g/mol. The van der Waals surface area contributed by atoms with E-state index < -0.39 is 0 Å². The van der Waals surface area contributed by atoms with E-state index in [9.17, 15) is 4.79 Å². The summed E-state index contributed by atoms with van der Waals surface area (Å²) in [6, 6.07) is 13.3. The maximum Gasteiger partial charge on any atom is 0.260 e. The molecule has 0 saturated heterocycles. The van der Waals surface area contributed by atoms with Gasteiger partial charge < -0.3 is 9.64 Å². The molecule has 0 aliphatic carbocycles. The Morgan fingerprint density at radius 1 is 1.29 bits per heavy atom. The van der Waals surface area contributed by atoms with E-state index in [-0.39, 0.29) is 12.5 Å². The number of likely N-dealkylation sites (N-methyl/N-ethyl adjacent to an activating group) is 1. The van der Waals surface area contributed by atoms with Crippen LogP contribution in [0.4, 0.5) is 0 Å². The van der Waals surface area contributed by atoms with Crippen LogP contribution in [0, 0.1) is 6.92 Å². The summed E-state index contributed by atoms with van der Waals surface area (Å²) >= 11 is 7.58. The third-order valence-corrected chi connectivity index (χ3v) is 5.07. The Balaban J connectivity index is 1.58. The van der Waals surface area contributed by atoms with Crippen LogP contribution in [-0.2, 0) is 11.3 Å². The zero-order valence-electron chi connectivity index (χ0n) is 13.5. The van der Waals surface area contributed by atoms with Gasteiger partial charge in [0.25, 0.3) is 5.91 Å². The van der Waals surface area contributed by atoms with E-state index in [1.54, 1.807) is 35.4 Å². The van der Waals surface area contributed by atoms with Crippen molar-refractivity contribution in [3.8, 4) is 5.75 Å². The number of carbonyl (C=O) groups is 1. The predicted molar refractivity (Wildman–Crippen MR) is 97.8 cm³/mol. The molecule has 0 spiro atoms. The van der Waals surface area contributed by atoms with Gasteiger partial charge in [0, 0.05) is 12.1 Å². The van der Waals surface area contributed by atoms with E-state index in [0.717, 1.165) is 20.8 Å². The SMILES string of the molecule is Cc1cc(OCC(=O)N(C)Cc2nc3ccccc3s2)ccc1Cl. The largest absolute Gasteiger partial charge is 0.484 e. The summed E-state index contributed by atoms with van der Waals surface area (Å²) in [6.45, 7) is 2.36. The monoisotopic (exact) mass is 360 g/mol. The molecular weight excluding hydrogens is 344 g/mol. The summed E-state index contributed by atoms with van der Waals surface area (Å²) in [5.74, 6) is 0.542. The van der Waals surface area contributed by atoms with Crippen molar-refractivity contribution in [2.75, 3.05) is 13.7 Å². The molecule has 3 aromatic rings. The van der Waals surface area contributed by atoms with Crippen molar-refractivity contribution in [3.63, 3.8) is 0 Å². The molecule has 0 saturated carbocycles. The molecule has 0 bridgehead atoms. The van der Waals surface area contributed by atoms with Crippen molar-refractivity contribution in [3.05, 3.63) is 58.1 Å². The van der Waals surface area contributed by atoms with E-state index in [1.165, 1.54) is 0 Å². The van der Waals surface area contributed by atoms with E-state index in [2.05, 4.69) is 4.98 Å². The number of fused-ring (bicyclic) bond motifs is 1. The molecule has 4 nitrogen and oxygen atoms in total. The van der Waals surface area contributed by atoms with Gasteiger partial charge >= 0.3 is 0 Å². The number of aryl methyl sites for hydroxylation is 1. The fourth-order valence-corrected chi connectivity index (χ4v) is 3.38. The molecule has 0 fully saturated rings.